The predicted octanol–water partition coefficient (Wildman–Crippen LogP) is 3.60. The van der Waals surface area contributed by atoms with E-state index in [1.54, 1.807) is 43.3 Å². The van der Waals surface area contributed by atoms with Crippen molar-refractivity contribution < 1.29 is 18.6 Å². The molecule has 0 fully saturated rings. The summed E-state index contributed by atoms with van der Waals surface area (Å²) >= 11 is 12.2. The number of anilines is 1. The zero-order chi connectivity index (χ0) is 24.0. The summed E-state index contributed by atoms with van der Waals surface area (Å²) in [6.45, 7) is 1.28. The van der Waals surface area contributed by atoms with E-state index in [2.05, 4.69) is 25.9 Å². The molecule has 0 saturated carbocycles. The Bertz CT molecular complexity index is 1290. The summed E-state index contributed by atoms with van der Waals surface area (Å²) in [5, 5.41) is 22.0. The second kappa shape index (κ2) is 10.8. The Labute approximate surface area is 201 Å². The number of rotatable bonds is 8. The van der Waals surface area contributed by atoms with Crippen LogP contribution >= 0.6 is 23.2 Å². The number of hydrogen-bond acceptors (Lipinski definition) is 7. The summed E-state index contributed by atoms with van der Waals surface area (Å²) in [6.07, 6.45) is 3.23. The summed E-state index contributed by atoms with van der Waals surface area (Å²) in [4.78, 5) is 8.43. The lowest BCUT2D eigenvalue weighted by molar-refractivity contribution is 0.259. The van der Waals surface area contributed by atoms with E-state index < -0.39 is 28.7 Å². The zero-order valence-electron chi connectivity index (χ0n) is 17.3. The van der Waals surface area contributed by atoms with Crippen LogP contribution in [-0.2, 0) is 10.0 Å². The zero-order valence-corrected chi connectivity index (χ0v) is 19.7. The molecule has 11 heteroatoms. The van der Waals surface area contributed by atoms with Crippen LogP contribution in [0.3, 0.4) is 0 Å². The molecule has 3 rings (SSSR count). The topological polar surface area (TPSA) is 124 Å². The SMILES string of the molecule is CC(C#CO)Nc1ncc(Cl)c(-c2ccc(S(=O)(=O)N[C@@H](CO)c3cccc(Cl)c3)cc2)n1. The Balaban J connectivity index is 1.83. The van der Waals surface area contributed by atoms with Crippen molar-refractivity contribution in [3.63, 3.8) is 0 Å². The molecule has 0 saturated heterocycles. The highest BCUT2D eigenvalue weighted by Gasteiger charge is 2.21. The van der Waals surface area contributed by atoms with Crippen molar-refractivity contribution in [3.8, 4) is 23.3 Å². The maximum absolute atomic E-state index is 12.9. The van der Waals surface area contributed by atoms with Gasteiger partial charge in [0.15, 0.2) is 0 Å². The van der Waals surface area contributed by atoms with Gasteiger partial charge in [-0.25, -0.2) is 23.1 Å². The van der Waals surface area contributed by atoms with Gasteiger partial charge >= 0.3 is 0 Å². The van der Waals surface area contributed by atoms with E-state index in [-0.39, 0.29) is 15.9 Å². The molecule has 0 radical (unpaired) electrons. The van der Waals surface area contributed by atoms with E-state index in [1.807, 2.05) is 6.11 Å². The average Bonchev–Trinajstić information content (AvgIpc) is 2.79. The number of benzene rings is 2. The van der Waals surface area contributed by atoms with Crippen LogP contribution in [0.5, 0.6) is 0 Å². The van der Waals surface area contributed by atoms with Gasteiger partial charge in [-0.05, 0) is 42.7 Å². The number of halogens is 2. The first-order chi connectivity index (χ1) is 15.7. The standard InChI is InChI=1S/C22H20Cl2N4O4S/c1-14(9-10-29)26-22-25-12-19(24)21(27-22)15-5-7-18(8-6-15)33(31,32)28-20(13-30)16-3-2-4-17(23)11-16/h2-8,11-12,14,20,28-30H,13H2,1H3,(H,25,26,27)/t14?,20-/m0/s1. The van der Waals surface area contributed by atoms with Gasteiger partial charge in [0.2, 0.25) is 16.0 Å². The van der Waals surface area contributed by atoms with E-state index in [0.29, 0.717) is 21.8 Å². The second-order valence-corrected chi connectivity index (χ2v) is 9.51. The number of nitrogens with one attached hydrogen (secondary N) is 2. The molecule has 3 aromatic rings. The van der Waals surface area contributed by atoms with Crippen molar-refractivity contribution in [1.82, 2.24) is 14.7 Å². The van der Waals surface area contributed by atoms with Crippen LogP contribution in [0.15, 0.2) is 59.6 Å². The highest BCUT2D eigenvalue weighted by atomic mass is 35.5. The molecule has 1 heterocycles. The molecule has 0 amide bonds. The van der Waals surface area contributed by atoms with Crippen molar-refractivity contribution in [2.75, 3.05) is 11.9 Å². The molecule has 2 atom stereocenters. The van der Waals surface area contributed by atoms with E-state index in [4.69, 9.17) is 28.3 Å². The highest BCUT2D eigenvalue weighted by molar-refractivity contribution is 7.89. The van der Waals surface area contributed by atoms with Crippen molar-refractivity contribution in [1.29, 1.82) is 0 Å². The molecular formula is C22H20Cl2N4O4S. The van der Waals surface area contributed by atoms with Crippen LogP contribution in [0.4, 0.5) is 5.95 Å². The fourth-order valence-corrected chi connectivity index (χ4v) is 4.56. The Morgan fingerprint density at radius 1 is 1.15 bits per heavy atom. The molecule has 8 nitrogen and oxygen atoms in total. The summed E-state index contributed by atoms with van der Waals surface area (Å²) < 4.78 is 28.2. The highest BCUT2D eigenvalue weighted by Crippen LogP contribution is 2.28. The van der Waals surface area contributed by atoms with Gasteiger partial charge in [0.25, 0.3) is 0 Å². The third-order valence-corrected chi connectivity index (χ3v) is 6.54. The molecule has 33 heavy (non-hydrogen) atoms. The largest absolute Gasteiger partial charge is 0.462 e. The number of nitrogens with zero attached hydrogens (tertiary/aromatic N) is 2. The summed E-state index contributed by atoms with van der Waals surface area (Å²) in [6, 6.07) is 11.3. The summed E-state index contributed by atoms with van der Waals surface area (Å²) in [7, 11) is -3.94. The van der Waals surface area contributed by atoms with Crippen LogP contribution in [0.2, 0.25) is 10.0 Å². The summed E-state index contributed by atoms with van der Waals surface area (Å²) in [5.41, 5.74) is 1.50. The van der Waals surface area contributed by atoms with Gasteiger partial charge < -0.3 is 15.5 Å². The summed E-state index contributed by atoms with van der Waals surface area (Å²) in [5.74, 6) is 2.76. The van der Waals surface area contributed by atoms with Gasteiger partial charge in [-0.3, -0.25) is 0 Å². The molecule has 0 aliphatic rings. The van der Waals surface area contributed by atoms with Gasteiger partial charge in [-0.1, -0.05) is 47.5 Å². The van der Waals surface area contributed by atoms with E-state index >= 15 is 0 Å². The van der Waals surface area contributed by atoms with Gasteiger partial charge in [-0.15, -0.1) is 0 Å². The van der Waals surface area contributed by atoms with Crippen molar-refractivity contribution in [3.05, 3.63) is 70.3 Å². The van der Waals surface area contributed by atoms with Crippen LogP contribution in [0, 0.1) is 12.0 Å². The minimum Gasteiger partial charge on any atom is -0.462 e. The quantitative estimate of drug-likeness (QED) is 0.344. The Hall–Kier alpha value is -2.87. The predicted molar refractivity (Wildman–Crippen MR) is 127 cm³/mol. The van der Waals surface area contributed by atoms with Crippen LogP contribution in [-0.4, -0.2) is 41.2 Å². The van der Waals surface area contributed by atoms with Gasteiger partial charge in [0.1, 0.15) is 6.11 Å². The number of aliphatic hydroxyl groups is 2. The monoisotopic (exact) mass is 506 g/mol. The molecule has 0 bridgehead atoms. The molecular weight excluding hydrogens is 487 g/mol. The van der Waals surface area contributed by atoms with Gasteiger partial charge in [0.05, 0.1) is 40.5 Å². The molecule has 0 aliphatic heterocycles. The lowest BCUT2D eigenvalue weighted by Crippen LogP contribution is -2.30. The lowest BCUT2D eigenvalue weighted by Gasteiger charge is -2.17. The van der Waals surface area contributed by atoms with E-state index in [0.717, 1.165) is 0 Å². The molecule has 1 unspecified atom stereocenters. The molecule has 172 valence electrons. The lowest BCUT2D eigenvalue weighted by atomic mass is 10.1. The second-order valence-electron chi connectivity index (χ2n) is 6.95. The fourth-order valence-electron chi connectivity index (χ4n) is 2.95. The van der Waals surface area contributed by atoms with Crippen LogP contribution in [0.25, 0.3) is 11.3 Å². The minimum atomic E-state index is -3.94. The van der Waals surface area contributed by atoms with Crippen LogP contribution < -0.4 is 10.0 Å². The number of hydrogen-bond donors (Lipinski definition) is 4. The van der Waals surface area contributed by atoms with Gasteiger partial charge in [0, 0.05) is 10.6 Å². The van der Waals surface area contributed by atoms with Crippen molar-refractivity contribution in [2.45, 2.75) is 23.9 Å². The number of aliphatic hydroxyl groups excluding tert-OH is 2. The van der Waals surface area contributed by atoms with Crippen molar-refractivity contribution in [2.24, 2.45) is 0 Å². The first kappa shape index (κ1) is 24.8. The Morgan fingerprint density at radius 3 is 2.52 bits per heavy atom. The van der Waals surface area contributed by atoms with Crippen molar-refractivity contribution >= 4 is 39.2 Å². The first-order valence-electron chi connectivity index (χ1n) is 9.66. The molecule has 0 aliphatic carbocycles. The Kier molecular flexibility index (Phi) is 8.13. The maximum atomic E-state index is 12.9. The Morgan fingerprint density at radius 2 is 1.88 bits per heavy atom. The van der Waals surface area contributed by atoms with E-state index in [1.165, 1.54) is 18.3 Å². The smallest absolute Gasteiger partial charge is 0.241 e. The van der Waals surface area contributed by atoms with E-state index in [9.17, 15) is 13.5 Å². The average molecular weight is 507 g/mol. The normalized spacial score (nSPS) is 13.0. The third kappa shape index (κ3) is 6.35. The van der Waals surface area contributed by atoms with Crippen LogP contribution in [0.1, 0.15) is 18.5 Å². The maximum Gasteiger partial charge on any atom is 0.241 e. The molecule has 2 aromatic carbocycles. The first-order valence-corrected chi connectivity index (χ1v) is 11.9. The molecule has 0 spiro atoms. The third-order valence-electron chi connectivity index (χ3n) is 4.54. The van der Waals surface area contributed by atoms with Gasteiger partial charge in [-0.2, -0.15) is 0 Å². The number of aromatic nitrogens is 2. The number of sulfonamides is 1. The fraction of sp³-hybridized carbons (Fsp3) is 0.182. The molecule has 4 N–H and O–H groups in total. The minimum absolute atomic E-state index is 0.00194. The molecule has 1 aromatic heterocycles.